The molecule has 2 heterocycles. The average Bonchev–Trinajstić information content (AvgIpc) is 3.39. The predicted octanol–water partition coefficient (Wildman–Crippen LogP) is 6.10. The van der Waals surface area contributed by atoms with Gasteiger partial charge in [0.15, 0.2) is 4.34 Å². The van der Waals surface area contributed by atoms with E-state index >= 15 is 0 Å². The van der Waals surface area contributed by atoms with Gasteiger partial charge in [-0.1, -0.05) is 53.2 Å². The van der Waals surface area contributed by atoms with E-state index < -0.39 is 0 Å². The van der Waals surface area contributed by atoms with Gasteiger partial charge in [0.1, 0.15) is 0 Å². The fourth-order valence-corrected chi connectivity index (χ4v) is 5.14. The van der Waals surface area contributed by atoms with E-state index in [1.165, 1.54) is 30.2 Å². The van der Waals surface area contributed by atoms with Gasteiger partial charge in [-0.25, -0.2) is 4.98 Å². The van der Waals surface area contributed by atoms with E-state index in [4.69, 9.17) is 11.6 Å². The van der Waals surface area contributed by atoms with Crippen LogP contribution in [0.5, 0.6) is 0 Å². The lowest BCUT2D eigenvalue weighted by Gasteiger charge is -2.21. The summed E-state index contributed by atoms with van der Waals surface area (Å²) in [4.78, 5) is 19.5. The zero-order valence-corrected chi connectivity index (χ0v) is 18.5. The predicted molar refractivity (Wildman–Crippen MR) is 125 cm³/mol. The summed E-state index contributed by atoms with van der Waals surface area (Å²) in [5, 5.41) is 5.69. The fourth-order valence-electron chi connectivity index (χ4n) is 3.34. The largest absolute Gasteiger partial charge is 0.370 e. The van der Waals surface area contributed by atoms with Crippen LogP contribution in [-0.2, 0) is 4.79 Å². The van der Waals surface area contributed by atoms with Crippen LogP contribution in [0.25, 0.3) is 11.3 Å². The van der Waals surface area contributed by atoms with Crippen LogP contribution in [0.15, 0.2) is 52.2 Å². The number of rotatable bonds is 6. The molecule has 1 saturated heterocycles. The normalized spacial score (nSPS) is 13.7. The molecule has 150 valence electrons. The number of carbonyl (C=O) groups is 1. The summed E-state index contributed by atoms with van der Waals surface area (Å²) in [6, 6.07) is 14.0. The summed E-state index contributed by atoms with van der Waals surface area (Å²) < 4.78 is 0.890. The number of aryl methyl sites for hydroxylation is 1. The maximum Gasteiger partial charge on any atom is 0.234 e. The molecule has 29 heavy (non-hydrogen) atoms. The molecule has 0 bridgehead atoms. The van der Waals surface area contributed by atoms with Crippen LogP contribution in [0, 0.1) is 6.92 Å². The van der Waals surface area contributed by atoms with Crippen molar-refractivity contribution in [2.75, 3.05) is 29.1 Å². The molecule has 1 fully saturated rings. The van der Waals surface area contributed by atoms with E-state index in [2.05, 4.69) is 46.4 Å². The first kappa shape index (κ1) is 20.3. The smallest absolute Gasteiger partial charge is 0.234 e. The Labute approximate surface area is 184 Å². The second-order valence-corrected chi connectivity index (χ2v) is 9.57. The summed E-state index contributed by atoms with van der Waals surface area (Å²) in [7, 11) is 0. The number of thioether (sulfide) groups is 1. The van der Waals surface area contributed by atoms with Crippen molar-refractivity contribution >= 4 is 52.0 Å². The van der Waals surface area contributed by atoms with E-state index in [-0.39, 0.29) is 5.91 Å². The molecule has 3 aromatic rings. The quantitative estimate of drug-likeness (QED) is 0.467. The first-order chi connectivity index (χ1) is 14.1. The molecule has 2 aromatic carbocycles. The first-order valence-corrected chi connectivity index (χ1v) is 11.8. The van der Waals surface area contributed by atoms with E-state index in [0.29, 0.717) is 10.8 Å². The summed E-state index contributed by atoms with van der Waals surface area (Å²) in [5.74, 6) is 0.261. The molecular weight excluding hydrogens is 422 g/mol. The van der Waals surface area contributed by atoms with Crippen molar-refractivity contribution in [2.24, 2.45) is 0 Å². The Kier molecular flexibility index (Phi) is 6.43. The molecule has 1 aliphatic heterocycles. The summed E-state index contributed by atoms with van der Waals surface area (Å²) in [6.45, 7) is 4.10. The highest BCUT2D eigenvalue weighted by molar-refractivity contribution is 8.01. The molecule has 1 aromatic heterocycles. The first-order valence-electron chi connectivity index (χ1n) is 9.58. The Morgan fingerprint density at radius 2 is 1.97 bits per heavy atom. The molecule has 0 spiro atoms. The number of hydrogen-bond donors (Lipinski definition) is 1. The Hall–Kier alpha value is -2.02. The molecule has 1 amide bonds. The van der Waals surface area contributed by atoms with Crippen LogP contribution in [0.1, 0.15) is 18.4 Å². The van der Waals surface area contributed by atoms with Crippen LogP contribution in [0.2, 0.25) is 5.02 Å². The Morgan fingerprint density at radius 1 is 1.21 bits per heavy atom. The van der Waals surface area contributed by atoms with Crippen molar-refractivity contribution in [2.45, 2.75) is 24.1 Å². The van der Waals surface area contributed by atoms with Crippen LogP contribution in [-0.4, -0.2) is 29.7 Å². The van der Waals surface area contributed by atoms with Crippen LogP contribution in [0.3, 0.4) is 0 Å². The number of carbonyl (C=O) groups excluding carboxylic acids is 1. The molecule has 1 aliphatic rings. The summed E-state index contributed by atoms with van der Waals surface area (Å²) in [5.41, 5.74) is 5.09. The lowest BCUT2D eigenvalue weighted by molar-refractivity contribution is -0.113. The van der Waals surface area contributed by atoms with E-state index in [9.17, 15) is 4.79 Å². The van der Waals surface area contributed by atoms with Crippen molar-refractivity contribution in [3.8, 4) is 11.3 Å². The second-order valence-electron chi connectivity index (χ2n) is 7.06. The van der Waals surface area contributed by atoms with Crippen LogP contribution >= 0.6 is 34.7 Å². The minimum Gasteiger partial charge on any atom is -0.370 e. The summed E-state index contributed by atoms with van der Waals surface area (Å²) >= 11 is 9.19. The zero-order valence-electron chi connectivity index (χ0n) is 16.2. The van der Waals surface area contributed by atoms with Gasteiger partial charge in [-0.3, -0.25) is 4.79 Å². The Balaban J connectivity index is 1.38. The third kappa shape index (κ3) is 5.13. The van der Waals surface area contributed by atoms with E-state index in [0.717, 1.165) is 40.1 Å². The standard InChI is InChI=1S/C22H22ClN3OS2/c1-15-4-6-16(7-5-15)19-13-28-22(25-19)29-14-21(27)24-18-12-17(23)8-9-20(18)26-10-2-3-11-26/h4-9,12-13H,2-3,10-11,14H2,1H3,(H,24,27). The number of amides is 1. The zero-order chi connectivity index (χ0) is 20.2. The maximum atomic E-state index is 12.6. The van der Waals surface area contributed by atoms with Gasteiger partial charge in [0.25, 0.3) is 0 Å². The third-order valence-corrected chi connectivity index (χ3v) is 7.09. The van der Waals surface area contributed by atoms with Crippen molar-refractivity contribution < 1.29 is 4.79 Å². The Bertz CT molecular complexity index is 998. The minimum absolute atomic E-state index is 0.0511. The third-order valence-electron chi connectivity index (χ3n) is 4.84. The van der Waals surface area contributed by atoms with Gasteiger partial charge < -0.3 is 10.2 Å². The molecule has 1 N–H and O–H groups in total. The van der Waals surface area contributed by atoms with Gasteiger partial charge in [-0.15, -0.1) is 11.3 Å². The Morgan fingerprint density at radius 3 is 2.72 bits per heavy atom. The molecule has 0 saturated carbocycles. The number of aromatic nitrogens is 1. The fraction of sp³-hybridized carbons (Fsp3) is 0.273. The highest BCUT2D eigenvalue weighted by Crippen LogP contribution is 2.32. The summed E-state index contributed by atoms with van der Waals surface area (Å²) in [6.07, 6.45) is 2.36. The van der Waals surface area contributed by atoms with Gasteiger partial charge >= 0.3 is 0 Å². The van der Waals surface area contributed by atoms with Crippen molar-refractivity contribution in [3.63, 3.8) is 0 Å². The van der Waals surface area contributed by atoms with Gasteiger partial charge in [-0.05, 0) is 38.0 Å². The van der Waals surface area contributed by atoms with Gasteiger partial charge in [-0.2, -0.15) is 0 Å². The molecule has 7 heteroatoms. The van der Waals surface area contributed by atoms with Crippen LogP contribution < -0.4 is 10.2 Å². The highest BCUT2D eigenvalue weighted by Gasteiger charge is 2.17. The van der Waals surface area contributed by atoms with Gasteiger partial charge in [0.2, 0.25) is 5.91 Å². The molecule has 0 radical (unpaired) electrons. The van der Waals surface area contributed by atoms with Gasteiger partial charge in [0.05, 0.1) is 22.8 Å². The maximum absolute atomic E-state index is 12.6. The second kappa shape index (κ2) is 9.20. The number of nitrogens with zero attached hydrogens (tertiary/aromatic N) is 2. The monoisotopic (exact) mass is 443 g/mol. The molecule has 0 unspecified atom stereocenters. The lowest BCUT2D eigenvalue weighted by Crippen LogP contribution is -2.21. The number of thiazole rings is 1. The highest BCUT2D eigenvalue weighted by atomic mass is 35.5. The van der Waals surface area contributed by atoms with Gasteiger partial charge in [0, 0.05) is 29.1 Å². The van der Waals surface area contributed by atoms with Crippen molar-refractivity contribution in [1.29, 1.82) is 0 Å². The molecule has 4 rings (SSSR count). The molecule has 0 aliphatic carbocycles. The molecule has 0 atom stereocenters. The lowest BCUT2D eigenvalue weighted by atomic mass is 10.1. The SMILES string of the molecule is Cc1ccc(-c2csc(SCC(=O)Nc3cc(Cl)ccc3N3CCCC3)n2)cc1. The van der Waals surface area contributed by atoms with E-state index in [1.54, 1.807) is 11.3 Å². The number of anilines is 2. The van der Waals surface area contributed by atoms with E-state index in [1.807, 2.05) is 23.6 Å². The molecule has 4 nitrogen and oxygen atoms in total. The van der Waals surface area contributed by atoms with Crippen molar-refractivity contribution in [3.05, 3.63) is 58.4 Å². The minimum atomic E-state index is -0.0511. The number of nitrogens with one attached hydrogen (secondary N) is 1. The number of halogens is 1. The topological polar surface area (TPSA) is 45.2 Å². The average molecular weight is 444 g/mol. The van der Waals surface area contributed by atoms with Crippen molar-refractivity contribution in [1.82, 2.24) is 4.98 Å². The molecular formula is C22H22ClN3OS2. The number of benzene rings is 2. The number of hydrogen-bond acceptors (Lipinski definition) is 5. The van der Waals surface area contributed by atoms with Crippen LogP contribution in [0.4, 0.5) is 11.4 Å².